The van der Waals surface area contributed by atoms with E-state index < -0.39 is 0 Å². The van der Waals surface area contributed by atoms with E-state index in [2.05, 4.69) is 31.1 Å². The van der Waals surface area contributed by atoms with Gasteiger partial charge >= 0.3 is 0 Å². The first-order valence-electron chi connectivity index (χ1n) is 7.12. The van der Waals surface area contributed by atoms with Crippen molar-refractivity contribution >= 4 is 23.3 Å². The van der Waals surface area contributed by atoms with Gasteiger partial charge in [0, 0.05) is 41.1 Å². The van der Waals surface area contributed by atoms with Gasteiger partial charge in [0.15, 0.2) is 0 Å². The highest BCUT2D eigenvalue weighted by Gasteiger charge is 2.19. The molecule has 5 heteroatoms. The van der Waals surface area contributed by atoms with Gasteiger partial charge in [0.2, 0.25) is 5.91 Å². The predicted octanol–water partition coefficient (Wildman–Crippen LogP) is 2.51. The van der Waals surface area contributed by atoms with Crippen molar-refractivity contribution in [3.05, 3.63) is 34.3 Å². The Morgan fingerprint density at radius 2 is 2.29 bits per heavy atom. The number of thiazole rings is 1. The molecule has 0 spiro atoms. The van der Waals surface area contributed by atoms with Crippen molar-refractivity contribution in [1.82, 2.24) is 10.3 Å². The maximum absolute atomic E-state index is 11.9. The molecule has 0 fully saturated rings. The summed E-state index contributed by atoms with van der Waals surface area (Å²) in [4.78, 5) is 17.2. The fourth-order valence-corrected chi connectivity index (χ4v) is 2.99. The fraction of sp³-hybridized carbons (Fsp3) is 0.500. The van der Waals surface area contributed by atoms with Crippen LogP contribution in [0.4, 0.5) is 0 Å². The topological polar surface area (TPSA) is 62.2 Å². The van der Waals surface area contributed by atoms with Gasteiger partial charge in [-0.15, -0.1) is 11.3 Å². The van der Waals surface area contributed by atoms with Crippen LogP contribution in [0, 0.1) is 5.92 Å². The minimum Gasteiger partial charge on any atom is -0.396 e. The number of aromatic nitrogens is 1. The van der Waals surface area contributed by atoms with E-state index in [0.717, 1.165) is 16.3 Å². The molecule has 2 rings (SSSR count). The summed E-state index contributed by atoms with van der Waals surface area (Å²) in [6.07, 6.45) is 9.80. The van der Waals surface area contributed by atoms with E-state index in [1.807, 2.05) is 12.2 Å². The number of carbonyl (C=O) groups is 1. The van der Waals surface area contributed by atoms with E-state index in [1.165, 1.54) is 0 Å². The van der Waals surface area contributed by atoms with Crippen LogP contribution in [-0.2, 0) is 10.2 Å². The number of carbonyl (C=O) groups excluding carboxylic acids is 1. The van der Waals surface area contributed by atoms with Crippen molar-refractivity contribution in [2.24, 2.45) is 5.92 Å². The smallest absolute Gasteiger partial charge is 0.244 e. The van der Waals surface area contributed by atoms with Gasteiger partial charge in [0.05, 0.1) is 5.01 Å². The van der Waals surface area contributed by atoms with E-state index >= 15 is 0 Å². The minimum atomic E-state index is -0.117. The van der Waals surface area contributed by atoms with Crippen LogP contribution in [0.2, 0.25) is 0 Å². The Bertz CT molecular complexity index is 555. The first-order valence-corrected chi connectivity index (χ1v) is 7.94. The van der Waals surface area contributed by atoms with Gasteiger partial charge in [-0.3, -0.25) is 4.79 Å². The number of nitrogens with zero attached hydrogens (tertiary/aromatic N) is 1. The number of rotatable bonds is 4. The second-order valence-corrected chi connectivity index (χ2v) is 7.39. The summed E-state index contributed by atoms with van der Waals surface area (Å²) in [7, 11) is 0. The van der Waals surface area contributed by atoms with Crippen molar-refractivity contribution in [3.8, 4) is 0 Å². The molecule has 0 radical (unpaired) electrons. The fourth-order valence-electron chi connectivity index (χ4n) is 2.12. The van der Waals surface area contributed by atoms with Gasteiger partial charge in [-0.25, -0.2) is 4.98 Å². The lowest BCUT2D eigenvalue weighted by Gasteiger charge is -2.13. The molecule has 1 aromatic heterocycles. The van der Waals surface area contributed by atoms with Crippen molar-refractivity contribution < 1.29 is 9.90 Å². The zero-order chi connectivity index (χ0) is 15.5. The molecule has 1 aliphatic carbocycles. The van der Waals surface area contributed by atoms with Gasteiger partial charge in [-0.1, -0.05) is 32.9 Å². The highest BCUT2D eigenvalue weighted by atomic mass is 32.1. The molecule has 0 aromatic carbocycles. The van der Waals surface area contributed by atoms with E-state index in [9.17, 15) is 4.79 Å². The maximum atomic E-state index is 11.9. The van der Waals surface area contributed by atoms with E-state index in [4.69, 9.17) is 5.11 Å². The summed E-state index contributed by atoms with van der Waals surface area (Å²) in [5.74, 6) is 0.0454. The Morgan fingerprint density at radius 1 is 1.52 bits per heavy atom. The van der Waals surface area contributed by atoms with Gasteiger partial charge in [0.1, 0.15) is 0 Å². The van der Waals surface area contributed by atoms with Crippen LogP contribution in [-0.4, -0.2) is 28.6 Å². The number of nitrogens with one attached hydrogen (secondary N) is 1. The summed E-state index contributed by atoms with van der Waals surface area (Å²) in [6.45, 7) is 6.50. The lowest BCUT2D eigenvalue weighted by atomic mass is 9.98. The summed E-state index contributed by atoms with van der Waals surface area (Å²) < 4.78 is 0. The standard InChI is InChI=1S/C16H22N2O2S/c1-16(2,3)15-17-9-13(21-15)6-7-14(20)18-12-5-4-11(8-12)10-19/h4-7,9,11-12,19H,8,10H2,1-3H3,(H,18,20)/b7-6+/t11-,12+/m0/s1. The molecule has 21 heavy (non-hydrogen) atoms. The Morgan fingerprint density at radius 3 is 2.86 bits per heavy atom. The van der Waals surface area contributed by atoms with E-state index in [1.54, 1.807) is 29.7 Å². The van der Waals surface area contributed by atoms with Gasteiger partial charge < -0.3 is 10.4 Å². The molecular formula is C16H22N2O2S. The first kappa shape index (κ1) is 15.9. The first-order chi connectivity index (χ1) is 9.88. The van der Waals surface area contributed by atoms with E-state index in [-0.39, 0.29) is 29.9 Å². The second-order valence-electron chi connectivity index (χ2n) is 6.33. The van der Waals surface area contributed by atoms with Gasteiger partial charge in [-0.2, -0.15) is 0 Å². The molecule has 1 amide bonds. The van der Waals surface area contributed by atoms with Crippen LogP contribution in [0.15, 0.2) is 24.4 Å². The molecule has 114 valence electrons. The molecule has 0 unspecified atom stereocenters. The highest BCUT2D eigenvalue weighted by Crippen LogP contribution is 2.27. The van der Waals surface area contributed by atoms with Crippen molar-refractivity contribution in [3.63, 3.8) is 0 Å². The van der Waals surface area contributed by atoms with Gasteiger partial charge in [0.25, 0.3) is 0 Å². The van der Waals surface area contributed by atoms with Crippen LogP contribution in [0.25, 0.3) is 6.08 Å². The molecule has 4 nitrogen and oxygen atoms in total. The SMILES string of the molecule is CC(C)(C)c1ncc(/C=C/C(=O)N[C@@H]2C=C[C@H](CO)C2)s1. The number of hydrogen-bond acceptors (Lipinski definition) is 4. The van der Waals surface area contributed by atoms with Crippen LogP contribution in [0.3, 0.4) is 0 Å². The predicted molar refractivity (Wildman–Crippen MR) is 86.1 cm³/mol. The maximum Gasteiger partial charge on any atom is 0.244 e. The molecule has 1 heterocycles. The number of aliphatic hydroxyl groups excluding tert-OH is 1. The monoisotopic (exact) mass is 306 g/mol. The summed E-state index contributed by atoms with van der Waals surface area (Å²) in [5, 5.41) is 13.0. The Labute approximate surface area is 129 Å². The Hall–Kier alpha value is -1.46. The molecule has 1 aromatic rings. The molecule has 0 aliphatic heterocycles. The zero-order valence-electron chi connectivity index (χ0n) is 12.7. The number of aliphatic hydroxyl groups is 1. The molecule has 0 saturated heterocycles. The van der Waals surface area contributed by atoms with Gasteiger partial charge in [-0.05, 0) is 12.5 Å². The molecule has 2 N–H and O–H groups in total. The lowest BCUT2D eigenvalue weighted by molar-refractivity contribution is -0.116. The molecule has 0 bridgehead atoms. The van der Waals surface area contributed by atoms with Crippen LogP contribution >= 0.6 is 11.3 Å². The number of amides is 1. The normalized spacial score (nSPS) is 22.1. The molecule has 2 atom stereocenters. The minimum absolute atomic E-state index is 0.0193. The summed E-state index contributed by atoms with van der Waals surface area (Å²) in [6, 6.07) is 0.0193. The largest absolute Gasteiger partial charge is 0.396 e. The average molecular weight is 306 g/mol. The zero-order valence-corrected chi connectivity index (χ0v) is 13.5. The second kappa shape index (κ2) is 6.54. The van der Waals surface area contributed by atoms with Crippen LogP contribution < -0.4 is 5.32 Å². The van der Waals surface area contributed by atoms with Crippen molar-refractivity contribution in [2.75, 3.05) is 6.61 Å². The number of hydrogen-bond donors (Lipinski definition) is 2. The van der Waals surface area contributed by atoms with E-state index in [0.29, 0.717) is 0 Å². The summed E-state index contributed by atoms with van der Waals surface area (Å²) >= 11 is 1.60. The Kier molecular flexibility index (Phi) is 4.96. The third-order valence-electron chi connectivity index (χ3n) is 3.30. The quantitative estimate of drug-likeness (QED) is 0.663. The van der Waals surface area contributed by atoms with Crippen LogP contribution in [0.1, 0.15) is 37.1 Å². The van der Waals surface area contributed by atoms with Crippen molar-refractivity contribution in [1.29, 1.82) is 0 Å². The molecular weight excluding hydrogens is 284 g/mol. The third-order valence-corrected chi connectivity index (χ3v) is 4.69. The van der Waals surface area contributed by atoms with Crippen LogP contribution in [0.5, 0.6) is 0 Å². The molecule has 1 aliphatic rings. The summed E-state index contributed by atoms with van der Waals surface area (Å²) in [5.41, 5.74) is 0.0347. The van der Waals surface area contributed by atoms with Crippen molar-refractivity contribution in [2.45, 2.75) is 38.6 Å². The lowest BCUT2D eigenvalue weighted by Crippen LogP contribution is -2.31. The third kappa shape index (κ3) is 4.51. The molecule has 0 saturated carbocycles. The highest BCUT2D eigenvalue weighted by molar-refractivity contribution is 7.12. The average Bonchev–Trinajstić information content (AvgIpc) is 3.04. The Balaban J connectivity index is 1.88.